The molecule has 7 heteroatoms. The highest BCUT2D eigenvalue weighted by Gasteiger charge is 2.40. The standard InChI is InChI=1S/C30H34N4O3/c1-21(19-31-16-7-2-8-17-31)32-20-34(33-18-15-26(35)29(36)28(33)30(32)37)27-24-11-5-3-9-22(24)13-14-23-10-4-6-12-25(23)27/h3-6,9-12,15,18,21,27,36H,2,7-8,13-14,16-17,19-20H2,1H3. The summed E-state index contributed by atoms with van der Waals surface area (Å²) in [6.45, 7) is 5.29. The largest absolute Gasteiger partial charge is 0.502 e. The van der Waals surface area contributed by atoms with Crippen molar-refractivity contribution in [2.75, 3.05) is 31.3 Å². The molecule has 1 N–H and O–H groups in total. The van der Waals surface area contributed by atoms with Gasteiger partial charge in [-0.2, -0.15) is 0 Å². The fourth-order valence-electron chi connectivity index (χ4n) is 6.33. The molecule has 6 rings (SSSR count). The summed E-state index contributed by atoms with van der Waals surface area (Å²) in [6.07, 6.45) is 7.13. The van der Waals surface area contributed by atoms with Crippen LogP contribution in [0, 0.1) is 0 Å². The van der Waals surface area contributed by atoms with Crippen molar-refractivity contribution in [3.8, 4) is 5.75 Å². The van der Waals surface area contributed by atoms with E-state index in [0.29, 0.717) is 6.67 Å². The fourth-order valence-corrected chi connectivity index (χ4v) is 6.33. The summed E-state index contributed by atoms with van der Waals surface area (Å²) in [5.74, 6) is -0.784. The van der Waals surface area contributed by atoms with Crippen LogP contribution < -0.4 is 10.4 Å². The van der Waals surface area contributed by atoms with E-state index in [1.165, 1.54) is 47.6 Å². The Morgan fingerprint density at radius 1 is 0.892 bits per heavy atom. The van der Waals surface area contributed by atoms with Crippen molar-refractivity contribution in [2.45, 2.75) is 51.1 Å². The summed E-state index contributed by atoms with van der Waals surface area (Å²) in [4.78, 5) is 30.6. The van der Waals surface area contributed by atoms with Crippen molar-refractivity contribution >= 4 is 5.91 Å². The maximum Gasteiger partial charge on any atom is 0.278 e. The zero-order valence-corrected chi connectivity index (χ0v) is 21.3. The van der Waals surface area contributed by atoms with E-state index in [4.69, 9.17) is 0 Å². The van der Waals surface area contributed by atoms with E-state index >= 15 is 0 Å². The van der Waals surface area contributed by atoms with E-state index in [-0.39, 0.29) is 23.7 Å². The first-order valence-electron chi connectivity index (χ1n) is 13.4. The molecule has 0 spiro atoms. The Hall–Kier alpha value is -3.58. The first-order chi connectivity index (χ1) is 18.0. The Morgan fingerprint density at radius 2 is 1.51 bits per heavy atom. The molecule has 2 aromatic carbocycles. The zero-order chi connectivity index (χ0) is 25.5. The van der Waals surface area contributed by atoms with Crippen molar-refractivity contribution in [3.63, 3.8) is 0 Å². The molecule has 3 aromatic rings. The predicted octanol–water partition coefficient (Wildman–Crippen LogP) is 3.67. The van der Waals surface area contributed by atoms with Crippen molar-refractivity contribution in [2.24, 2.45) is 0 Å². The molecule has 1 fully saturated rings. The number of amides is 1. The number of aryl methyl sites for hydroxylation is 2. The van der Waals surface area contributed by atoms with Crippen LogP contribution in [0.3, 0.4) is 0 Å². The van der Waals surface area contributed by atoms with E-state index in [1.54, 1.807) is 10.9 Å². The van der Waals surface area contributed by atoms with Gasteiger partial charge in [0.25, 0.3) is 5.91 Å². The second kappa shape index (κ2) is 9.71. The third kappa shape index (κ3) is 4.21. The lowest BCUT2D eigenvalue weighted by Gasteiger charge is -2.46. The number of aromatic nitrogens is 1. The molecule has 1 atom stereocenters. The van der Waals surface area contributed by atoms with Crippen molar-refractivity contribution in [1.29, 1.82) is 0 Å². The molecule has 1 unspecified atom stereocenters. The highest BCUT2D eigenvalue weighted by molar-refractivity contribution is 5.96. The molecule has 37 heavy (non-hydrogen) atoms. The molecule has 3 aliphatic rings. The van der Waals surface area contributed by atoms with Crippen molar-refractivity contribution < 1.29 is 9.90 Å². The van der Waals surface area contributed by atoms with E-state index in [2.05, 4.69) is 65.4 Å². The molecule has 2 aliphatic heterocycles. The molecular weight excluding hydrogens is 464 g/mol. The number of fused-ring (bicyclic) bond motifs is 3. The monoisotopic (exact) mass is 498 g/mol. The molecule has 1 aromatic heterocycles. The number of benzene rings is 2. The summed E-state index contributed by atoms with van der Waals surface area (Å²) in [6, 6.07) is 18.1. The number of likely N-dealkylation sites (tertiary alicyclic amines) is 1. The van der Waals surface area contributed by atoms with Crippen LogP contribution >= 0.6 is 0 Å². The normalized spacial score (nSPS) is 19.1. The van der Waals surface area contributed by atoms with Crippen LogP contribution in [0.2, 0.25) is 0 Å². The van der Waals surface area contributed by atoms with Gasteiger partial charge < -0.3 is 14.9 Å². The molecule has 3 heterocycles. The van der Waals surface area contributed by atoms with Crippen LogP contribution in [-0.4, -0.2) is 57.8 Å². The van der Waals surface area contributed by atoms with Crippen molar-refractivity contribution in [1.82, 2.24) is 14.5 Å². The molecule has 192 valence electrons. The average Bonchev–Trinajstić information content (AvgIpc) is 3.08. The van der Waals surface area contributed by atoms with Crippen LogP contribution in [0.5, 0.6) is 5.75 Å². The molecule has 0 bridgehead atoms. The highest BCUT2D eigenvalue weighted by atomic mass is 16.3. The van der Waals surface area contributed by atoms with Gasteiger partial charge in [-0.05, 0) is 68.0 Å². The van der Waals surface area contributed by atoms with Crippen LogP contribution in [0.25, 0.3) is 0 Å². The number of rotatable bonds is 4. The first-order valence-corrected chi connectivity index (χ1v) is 13.4. The van der Waals surface area contributed by atoms with Crippen molar-refractivity contribution in [3.05, 3.63) is 99.0 Å². The van der Waals surface area contributed by atoms with Gasteiger partial charge in [0.2, 0.25) is 5.43 Å². The predicted molar refractivity (Wildman–Crippen MR) is 144 cm³/mol. The minimum Gasteiger partial charge on any atom is -0.502 e. The van der Waals surface area contributed by atoms with E-state index in [0.717, 1.165) is 32.5 Å². The lowest BCUT2D eigenvalue weighted by atomic mass is 9.94. The zero-order valence-electron chi connectivity index (χ0n) is 21.3. The van der Waals surface area contributed by atoms with Gasteiger partial charge in [-0.25, -0.2) is 0 Å². The molecular formula is C30H34N4O3. The number of hydrogen-bond donors (Lipinski definition) is 1. The average molecular weight is 499 g/mol. The second-order valence-electron chi connectivity index (χ2n) is 10.6. The minimum absolute atomic E-state index is 0.0449. The molecule has 1 saturated heterocycles. The number of piperidine rings is 1. The smallest absolute Gasteiger partial charge is 0.278 e. The Kier molecular flexibility index (Phi) is 6.24. The van der Waals surface area contributed by atoms with Gasteiger partial charge in [0, 0.05) is 24.8 Å². The number of hydrogen-bond acceptors (Lipinski definition) is 5. The van der Waals surface area contributed by atoms with Crippen LogP contribution in [0.4, 0.5) is 0 Å². The summed E-state index contributed by atoms with van der Waals surface area (Å²) in [5, 5.41) is 13.0. The Morgan fingerprint density at radius 3 is 2.16 bits per heavy atom. The maximum atomic E-state index is 13.8. The molecule has 7 nitrogen and oxygen atoms in total. The SMILES string of the molecule is CC(CN1CCCCC1)N1CN(C2c3ccccc3CCc3ccccc32)n2ccc(=O)c(O)c2C1=O. The quantitative estimate of drug-likeness (QED) is 0.595. The summed E-state index contributed by atoms with van der Waals surface area (Å²) >= 11 is 0. The topological polar surface area (TPSA) is 69.0 Å². The lowest BCUT2D eigenvalue weighted by molar-refractivity contribution is 0.0544. The highest BCUT2D eigenvalue weighted by Crippen LogP contribution is 2.38. The molecule has 1 aliphatic carbocycles. The summed E-state index contributed by atoms with van der Waals surface area (Å²) in [5.41, 5.74) is 4.44. The van der Waals surface area contributed by atoms with Crippen LogP contribution in [0.1, 0.15) is 65.0 Å². The van der Waals surface area contributed by atoms with E-state index in [9.17, 15) is 14.7 Å². The fraction of sp³-hybridized carbons (Fsp3) is 0.400. The van der Waals surface area contributed by atoms with Gasteiger partial charge in [-0.3, -0.25) is 19.3 Å². The van der Waals surface area contributed by atoms with Gasteiger partial charge in [-0.1, -0.05) is 55.0 Å². The van der Waals surface area contributed by atoms with E-state index in [1.807, 2.05) is 4.90 Å². The van der Waals surface area contributed by atoms with Gasteiger partial charge in [0.05, 0.1) is 6.04 Å². The molecule has 0 saturated carbocycles. The molecule has 0 radical (unpaired) electrons. The maximum absolute atomic E-state index is 13.8. The lowest BCUT2D eigenvalue weighted by Crippen LogP contribution is -2.59. The number of pyridine rings is 1. The van der Waals surface area contributed by atoms with Crippen LogP contribution in [0.15, 0.2) is 65.6 Å². The molecule has 1 amide bonds. The Balaban J connectivity index is 1.48. The minimum atomic E-state index is -0.535. The third-order valence-corrected chi connectivity index (χ3v) is 8.26. The summed E-state index contributed by atoms with van der Waals surface area (Å²) < 4.78 is 1.72. The van der Waals surface area contributed by atoms with Gasteiger partial charge >= 0.3 is 0 Å². The van der Waals surface area contributed by atoms with Gasteiger partial charge in [0.1, 0.15) is 6.67 Å². The first kappa shape index (κ1) is 23.8. The number of carbonyl (C=O) groups excluding carboxylic acids is 1. The van der Waals surface area contributed by atoms with Gasteiger partial charge in [-0.15, -0.1) is 0 Å². The number of carbonyl (C=O) groups is 1. The number of aromatic hydroxyl groups is 1. The van der Waals surface area contributed by atoms with Crippen LogP contribution in [-0.2, 0) is 12.8 Å². The Labute approximate surface area is 217 Å². The third-order valence-electron chi connectivity index (χ3n) is 8.26. The van der Waals surface area contributed by atoms with E-state index < -0.39 is 11.2 Å². The number of nitrogens with zero attached hydrogens (tertiary/aromatic N) is 4. The summed E-state index contributed by atoms with van der Waals surface area (Å²) in [7, 11) is 0. The second-order valence-corrected chi connectivity index (χ2v) is 10.6. The van der Waals surface area contributed by atoms with Gasteiger partial charge in [0.15, 0.2) is 11.4 Å². The Bertz CT molecular complexity index is 1330.